The van der Waals surface area contributed by atoms with E-state index < -0.39 is 7.60 Å². The largest absolute Gasteiger partial charge is 0.349 e. The van der Waals surface area contributed by atoms with E-state index in [0.717, 1.165) is 5.82 Å². The lowest BCUT2D eigenvalue weighted by atomic mass is 10.3. The van der Waals surface area contributed by atoms with Crippen molar-refractivity contribution >= 4 is 13.7 Å². The molecular formula is C7H8NO3P. The maximum Gasteiger partial charge on any atom is 0.349 e. The van der Waals surface area contributed by atoms with Gasteiger partial charge >= 0.3 is 7.60 Å². The van der Waals surface area contributed by atoms with Crippen molar-refractivity contribution in [1.82, 2.24) is 4.98 Å². The Bertz CT molecular complexity index is 317. The van der Waals surface area contributed by atoms with E-state index in [-0.39, 0.29) is 0 Å². The number of pyridine rings is 1. The first-order valence-corrected chi connectivity index (χ1v) is 4.91. The summed E-state index contributed by atoms with van der Waals surface area (Å²) in [6.07, 6.45) is 2.85. The third kappa shape index (κ3) is 3.44. The maximum atomic E-state index is 10.4. The van der Waals surface area contributed by atoms with Crippen molar-refractivity contribution in [2.24, 2.45) is 0 Å². The van der Waals surface area contributed by atoms with Crippen LogP contribution in [0, 0.1) is 0 Å². The second kappa shape index (κ2) is 3.63. The Labute approximate surface area is 69.7 Å². The molecule has 0 fully saturated rings. The Kier molecular flexibility index (Phi) is 2.76. The molecule has 0 bridgehead atoms. The van der Waals surface area contributed by atoms with Crippen LogP contribution in [0.4, 0.5) is 0 Å². The van der Waals surface area contributed by atoms with Gasteiger partial charge in [0, 0.05) is 12.0 Å². The van der Waals surface area contributed by atoms with Gasteiger partial charge in [-0.05, 0) is 18.2 Å². The van der Waals surface area contributed by atoms with Gasteiger partial charge in [0.25, 0.3) is 0 Å². The normalized spacial score (nSPS) is 12.2. The van der Waals surface area contributed by atoms with Crippen LogP contribution in [0.25, 0.3) is 6.08 Å². The Morgan fingerprint density at radius 2 is 2.17 bits per heavy atom. The van der Waals surface area contributed by atoms with E-state index in [1.165, 1.54) is 6.08 Å². The lowest BCUT2D eigenvalue weighted by molar-refractivity contribution is 0.386. The van der Waals surface area contributed by atoms with Gasteiger partial charge in [-0.25, -0.2) is 0 Å². The van der Waals surface area contributed by atoms with Crippen LogP contribution in [0.2, 0.25) is 0 Å². The zero-order chi connectivity index (χ0) is 9.03. The molecule has 4 nitrogen and oxygen atoms in total. The molecule has 0 aromatic carbocycles. The standard InChI is InChI=1S/C7H8NO3P/c9-12(10,11)6-4-7-3-1-2-5-8-7/h1-6H,(H2,9,10,11)/b6-4+. The first kappa shape index (κ1) is 9.13. The number of aromatic nitrogens is 1. The van der Waals surface area contributed by atoms with Crippen molar-refractivity contribution in [3.8, 4) is 0 Å². The van der Waals surface area contributed by atoms with Gasteiger partial charge in [0.2, 0.25) is 0 Å². The molecule has 64 valence electrons. The van der Waals surface area contributed by atoms with Crippen LogP contribution in [-0.2, 0) is 4.57 Å². The monoisotopic (exact) mass is 185 g/mol. The van der Waals surface area contributed by atoms with Crippen LogP contribution in [0.15, 0.2) is 30.2 Å². The molecule has 0 aliphatic rings. The van der Waals surface area contributed by atoms with Crippen LogP contribution in [0.1, 0.15) is 5.69 Å². The molecule has 1 aromatic heterocycles. The van der Waals surface area contributed by atoms with Gasteiger partial charge in [0.05, 0.1) is 5.69 Å². The molecule has 0 amide bonds. The molecule has 0 radical (unpaired) electrons. The lowest BCUT2D eigenvalue weighted by Gasteiger charge is -1.93. The third-order valence-corrected chi connectivity index (χ3v) is 1.66. The highest BCUT2D eigenvalue weighted by Gasteiger charge is 2.04. The summed E-state index contributed by atoms with van der Waals surface area (Å²) >= 11 is 0. The van der Waals surface area contributed by atoms with E-state index in [9.17, 15) is 4.57 Å². The Hall–Kier alpha value is -0.960. The molecule has 0 unspecified atom stereocenters. The maximum absolute atomic E-state index is 10.4. The first-order valence-electron chi connectivity index (χ1n) is 3.23. The van der Waals surface area contributed by atoms with Crippen LogP contribution in [0.5, 0.6) is 0 Å². The van der Waals surface area contributed by atoms with Gasteiger partial charge in [-0.2, -0.15) is 0 Å². The van der Waals surface area contributed by atoms with Crippen molar-refractivity contribution in [3.05, 3.63) is 35.9 Å². The van der Waals surface area contributed by atoms with Crippen molar-refractivity contribution in [2.45, 2.75) is 0 Å². The second-order valence-corrected chi connectivity index (χ2v) is 3.64. The Balaban J connectivity index is 2.78. The number of hydrogen-bond acceptors (Lipinski definition) is 2. The molecule has 12 heavy (non-hydrogen) atoms. The summed E-state index contributed by atoms with van der Waals surface area (Å²) < 4.78 is 10.4. The summed E-state index contributed by atoms with van der Waals surface area (Å²) in [4.78, 5) is 20.8. The van der Waals surface area contributed by atoms with Gasteiger partial charge in [0.1, 0.15) is 0 Å². The predicted octanol–water partition coefficient (Wildman–Crippen LogP) is 1.23. The Morgan fingerprint density at radius 1 is 1.42 bits per heavy atom. The molecule has 1 rings (SSSR count). The molecule has 0 saturated heterocycles. The second-order valence-electron chi connectivity index (χ2n) is 2.16. The van der Waals surface area contributed by atoms with Crippen LogP contribution in [-0.4, -0.2) is 14.8 Å². The third-order valence-electron chi connectivity index (χ3n) is 1.13. The van der Waals surface area contributed by atoms with Crippen molar-refractivity contribution in [2.75, 3.05) is 0 Å². The van der Waals surface area contributed by atoms with Gasteiger partial charge in [0.15, 0.2) is 0 Å². The molecule has 0 atom stereocenters. The molecule has 2 N–H and O–H groups in total. The lowest BCUT2D eigenvalue weighted by Crippen LogP contribution is -1.76. The molecule has 0 saturated carbocycles. The zero-order valence-corrected chi connectivity index (χ0v) is 7.06. The van der Waals surface area contributed by atoms with Crippen LogP contribution < -0.4 is 0 Å². The highest BCUT2D eigenvalue weighted by molar-refractivity contribution is 7.55. The average Bonchev–Trinajstić information content (AvgIpc) is 2.02. The van der Waals surface area contributed by atoms with Crippen molar-refractivity contribution in [3.63, 3.8) is 0 Å². The molecular weight excluding hydrogens is 177 g/mol. The van der Waals surface area contributed by atoms with E-state index in [4.69, 9.17) is 9.79 Å². The molecule has 0 aliphatic heterocycles. The van der Waals surface area contributed by atoms with Crippen LogP contribution in [0.3, 0.4) is 0 Å². The van der Waals surface area contributed by atoms with Gasteiger partial charge in [-0.15, -0.1) is 0 Å². The van der Waals surface area contributed by atoms with Crippen LogP contribution >= 0.6 is 7.60 Å². The number of hydrogen-bond donors (Lipinski definition) is 2. The average molecular weight is 185 g/mol. The molecule has 1 aromatic rings. The highest BCUT2D eigenvalue weighted by atomic mass is 31.2. The fourth-order valence-corrected chi connectivity index (χ4v) is 0.995. The Morgan fingerprint density at radius 3 is 2.67 bits per heavy atom. The fourth-order valence-electron chi connectivity index (χ4n) is 0.648. The van der Waals surface area contributed by atoms with Gasteiger partial charge < -0.3 is 9.79 Å². The highest BCUT2D eigenvalue weighted by Crippen LogP contribution is 2.36. The van der Waals surface area contributed by atoms with E-state index in [1.54, 1.807) is 24.4 Å². The van der Waals surface area contributed by atoms with Crippen molar-refractivity contribution < 1.29 is 14.4 Å². The minimum Gasteiger partial charge on any atom is -0.321 e. The fraction of sp³-hybridized carbons (Fsp3) is 0. The predicted molar refractivity (Wildman–Crippen MR) is 45.3 cm³/mol. The molecule has 5 heteroatoms. The van der Waals surface area contributed by atoms with E-state index in [2.05, 4.69) is 4.98 Å². The molecule has 0 spiro atoms. The summed E-state index contributed by atoms with van der Waals surface area (Å²) in [5.74, 6) is 0.829. The minimum absolute atomic E-state index is 0.529. The summed E-state index contributed by atoms with van der Waals surface area (Å²) in [5, 5.41) is 0. The number of rotatable bonds is 2. The minimum atomic E-state index is -4.05. The molecule has 1 heterocycles. The quantitative estimate of drug-likeness (QED) is 0.680. The van der Waals surface area contributed by atoms with Crippen molar-refractivity contribution in [1.29, 1.82) is 0 Å². The summed E-state index contributed by atoms with van der Waals surface area (Å²) in [5.41, 5.74) is 0.529. The summed E-state index contributed by atoms with van der Waals surface area (Å²) in [6, 6.07) is 5.13. The summed E-state index contributed by atoms with van der Waals surface area (Å²) in [6.45, 7) is 0. The first-order chi connectivity index (χ1) is 5.58. The smallest absolute Gasteiger partial charge is 0.321 e. The topological polar surface area (TPSA) is 70.4 Å². The van der Waals surface area contributed by atoms with E-state index in [0.29, 0.717) is 5.69 Å². The number of nitrogens with zero attached hydrogens (tertiary/aromatic N) is 1. The van der Waals surface area contributed by atoms with Gasteiger partial charge in [-0.3, -0.25) is 9.55 Å². The zero-order valence-electron chi connectivity index (χ0n) is 6.16. The van der Waals surface area contributed by atoms with E-state index >= 15 is 0 Å². The summed E-state index contributed by atoms with van der Waals surface area (Å²) in [7, 11) is -4.05. The van der Waals surface area contributed by atoms with E-state index in [1.807, 2.05) is 0 Å². The molecule has 0 aliphatic carbocycles. The van der Waals surface area contributed by atoms with Gasteiger partial charge in [-0.1, -0.05) is 6.07 Å². The SMILES string of the molecule is O=P(O)(O)/C=C/c1ccccn1.